The van der Waals surface area contributed by atoms with E-state index in [4.69, 9.17) is 14.2 Å². The monoisotopic (exact) mass is 432 g/mol. The van der Waals surface area contributed by atoms with E-state index in [0.29, 0.717) is 5.75 Å². The molecule has 0 atom stereocenters. The van der Waals surface area contributed by atoms with Crippen molar-refractivity contribution in [3.63, 3.8) is 0 Å². The van der Waals surface area contributed by atoms with Gasteiger partial charge in [-0.25, -0.2) is 9.59 Å². The number of benzene rings is 2. The number of ether oxygens (including phenoxy) is 3. The molecule has 0 amide bonds. The fraction of sp³-hybridized carbons (Fsp3) is 0.130. The van der Waals surface area contributed by atoms with E-state index in [0.717, 1.165) is 18.6 Å². The summed E-state index contributed by atoms with van der Waals surface area (Å²) in [6, 6.07) is 9.04. The number of esters is 2. The molecule has 0 aliphatic carbocycles. The van der Waals surface area contributed by atoms with Crippen LogP contribution >= 0.6 is 0 Å². The summed E-state index contributed by atoms with van der Waals surface area (Å²) in [5.74, 6) is -1.36. The Morgan fingerprint density at radius 1 is 0.871 bits per heavy atom. The maximum atomic E-state index is 13.6. The van der Waals surface area contributed by atoms with Crippen molar-refractivity contribution in [1.29, 1.82) is 0 Å². The van der Waals surface area contributed by atoms with Gasteiger partial charge in [0, 0.05) is 11.1 Å². The zero-order chi connectivity index (χ0) is 23.2. The highest BCUT2D eigenvalue weighted by Gasteiger charge is 2.34. The van der Waals surface area contributed by atoms with Gasteiger partial charge < -0.3 is 14.2 Å². The minimum absolute atomic E-state index is 0.0664. The summed E-state index contributed by atoms with van der Waals surface area (Å²) in [6.07, 6.45) is -2.54. The minimum Gasteiger partial charge on any atom is -0.462 e. The van der Waals surface area contributed by atoms with Crippen LogP contribution in [-0.2, 0) is 20.5 Å². The summed E-state index contributed by atoms with van der Waals surface area (Å²) in [6.45, 7) is 9.70. The summed E-state index contributed by atoms with van der Waals surface area (Å²) >= 11 is 0. The highest BCUT2D eigenvalue weighted by molar-refractivity contribution is 5.89. The molecule has 0 radical (unpaired) electrons. The van der Waals surface area contributed by atoms with Crippen molar-refractivity contribution in [1.82, 2.24) is 0 Å². The first-order valence-electron chi connectivity index (χ1n) is 8.86. The molecule has 0 bridgehead atoms. The Balaban J connectivity index is 2.22. The molecular formula is C23H19F3O5. The topological polar surface area (TPSA) is 61.8 Å². The van der Waals surface area contributed by atoms with E-state index in [-0.39, 0.29) is 28.0 Å². The molecular weight excluding hydrogens is 413 g/mol. The van der Waals surface area contributed by atoms with Gasteiger partial charge in [-0.15, -0.1) is 0 Å². The maximum Gasteiger partial charge on any atom is 0.417 e. The van der Waals surface area contributed by atoms with Crippen LogP contribution in [0.3, 0.4) is 0 Å². The number of hydrogen-bond donors (Lipinski definition) is 0. The smallest absolute Gasteiger partial charge is 0.417 e. The number of alkyl halides is 3. The summed E-state index contributed by atoms with van der Waals surface area (Å²) in [4.78, 5) is 22.8. The fourth-order valence-electron chi connectivity index (χ4n) is 2.28. The Hall–Kier alpha value is -3.81. The zero-order valence-electron chi connectivity index (χ0n) is 16.8. The van der Waals surface area contributed by atoms with E-state index in [9.17, 15) is 22.8 Å². The average molecular weight is 432 g/mol. The molecule has 0 aliphatic heterocycles. The number of rotatable bonds is 7. The van der Waals surface area contributed by atoms with Gasteiger partial charge in [-0.1, -0.05) is 31.4 Å². The summed E-state index contributed by atoms with van der Waals surface area (Å²) in [7, 11) is 0. The third-order valence-corrected chi connectivity index (χ3v) is 3.80. The van der Waals surface area contributed by atoms with Gasteiger partial charge in [0.1, 0.15) is 24.0 Å². The van der Waals surface area contributed by atoms with Gasteiger partial charge in [0.25, 0.3) is 0 Å². The van der Waals surface area contributed by atoms with Crippen LogP contribution in [0.4, 0.5) is 13.2 Å². The maximum absolute atomic E-state index is 13.6. The van der Waals surface area contributed by atoms with Gasteiger partial charge in [0.15, 0.2) is 0 Å². The second-order valence-corrected chi connectivity index (χ2v) is 6.48. The van der Waals surface area contributed by atoms with E-state index in [1.165, 1.54) is 50.2 Å². The molecule has 0 heterocycles. The van der Waals surface area contributed by atoms with Gasteiger partial charge in [-0.2, -0.15) is 13.2 Å². The van der Waals surface area contributed by atoms with Gasteiger partial charge in [0.05, 0.1) is 5.56 Å². The molecule has 0 spiro atoms. The van der Waals surface area contributed by atoms with Crippen LogP contribution in [0.15, 0.2) is 79.3 Å². The molecule has 0 saturated carbocycles. The average Bonchev–Trinajstić information content (AvgIpc) is 2.70. The number of carbonyl (C=O) groups excluding carboxylic acids is 2. The lowest BCUT2D eigenvalue weighted by Gasteiger charge is -2.15. The number of halogens is 3. The standard InChI is InChI=1S/C23H19F3O5/c1-14(2)21(27)30-12-11-29-17-7-5-16(6-8-17)19-10-9-18(31-22(28)15(3)4)13-20(19)23(24,25)26/h5-13H,1,3H2,2,4H3/b12-11-. The molecule has 0 aliphatic rings. The molecule has 162 valence electrons. The Morgan fingerprint density at radius 3 is 2.00 bits per heavy atom. The molecule has 5 nitrogen and oxygen atoms in total. The minimum atomic E-state index is -4.67. The summed E-state index contributed by atoms with van der Waals surface area (Å²) < 4.78 is 55.6. The predicted octanol–water partition coefficient (Wildman–Crippen LogP) is 5.82. The van der Waals surface area contributed by atoms with Gasteiger partial charge >= 0.3 is 18.1 Å². The molecule has 2 rings (SSSR count). The Bertz CT molecular complexity index is 1030. The van der Waals surface area contributed by atoms with Gasteiger partial charge in [0.2, 0.25) is 0 Å². The lowest BCUT2D eigenvalue weighted by Crippen LogP contribution is -2.11. The van der Waals surface area contributed by atoms with Crippen molar-refractivity contribution < 1.29 is 37.0 Å². The van der Waals surface area contributed by atoms with Crippen molar-refractivity contribution >= 4 is 11.9 Å². The lowest BCUT2D eigenvalue weighted by atomic mass is 9.99. The van der Waals surface area contributed by atoms with Crippen LogP contribution in [0.25, 0.3) is 11.1 Å². The first-order valence-corrected chi connectivity index (χ1v) is 8.86. The van der Waals surface area contributed by atoms with Crippen molar-refractivity contribution in [2.45, 2.75) is 20.0 Å². The fourth-order valence-corrected chi connectivity index (χ4v) is 2.28. The molecule has 31 heavy (non-hydrogen) atoms. The predicted molar refractivity (Wildman–Crippen MR) is 108 cm³/mol. The molecule has 0 unspecified atom stereocenters. The van der Waals surface area contributed by atoms with Crippen LogP contribution in [0.1, 0.15) is 19.4 Å². The summed E-state index contributed by atoms with van der Waals surface area (Å²) in [5.41, 5.74) is -0.499. The lowest BCUT2D eigenvalue weighted by molar-refractivity contribution is -0.138. The summed E-state index contributed by atoms with van der Waals surface area (Å²) in [5, 5.41) is 0. The highest BCUT2D eigenvalue weighted by Crippen LogP contribution is 2.39. The van der Waals surface area contributed by atoms with E-state index >= 15 is 0 Å². The number of carbonyl (C=O) groups is 2. The third-order valence-electron chi connectivity index (χ3n) is 3.80. The van der Waals surface area contributed by atoms with E-state index in [2.05, 4.69) is 13.2 Å². The van der Waals surface area contributed by atoms with Crippen LogP contribution in [0, 0.1) is 0 Å². The van der Waals surface area contributed by atoms with Crippen LogP contribution in [0.5, 0.6) is 11.5 Å². The van der Waals surface area contributed by atoms with E-state index < -0.39 is 23.7 Å². The number of hydrogen-bond acceptors (Lipinski definition) is 5. The first-order chi connectivity index (χ1) is 14.5. The van der Waals surface area contributed by atoms with Gasteiger partial charge in [-0.05, 0) is 49.2 Å². The molecule has 0 fully saturated rings. The second-order valence-electron chi connectivity index (χ2n) is 6.48. The molecule has 2 aromatic carbocycles. The first kappa shape index (κ1) is 23.5. The van der Waals surface area contributed by atoms with Crippen molar-refractivity contribution in [2.75, 3.05) is 0 Å². The normalized spacial score (nSPS) is 11.1. The Morgan fingerprint density at radius 2 is 1.45 bits per heavy atom. The SMILES string of the molecule is C=C(C)C(=O)O/C=C\Oc1ccc(-c2ccc(OC(=O)C(=C)C)cc2C(F)(F)F)cc1. The highest BCUT2D eigenvalue weighted by atomic mass is 19.4. The second kappa shape index (κ2) is 9.80. The van der Waals surface area contributed by atoms with Crippen molar-refractivity contribution in [2.24, 2.45) is 0 Å². The molecule has 8 heteroatoms. The molecule has 0 N–H and O–H groups in total. The Kier molecular flexibility index (Phi) is 7.42. The van der Waals surface area contributed by atoms with E-state index in [1.54, 1.807) is 0 Å². The zero-order valence-corrected chi connectivity index (χ0v) is 16.8. The largest absolute Gasteiger partial charge is 0.462 e. The van der Waals surface area contributed by atoms with E-state index in [1.807, 2.05) is 0 Å². The molecule has 0 aromatic heterocycles. The van der Waals surface area contributed by atoms with Crippen LogP contribution in [-0.4, -0.2) is 11.9 Å². The van der Waals surface area contributed by atoms with Crippen molar-refractivity contribution in [3.8, 4) is 22.6 Å². The van der Waals surface area contributed by atoms with Crippen LogP contribution < -0.4 is 9.47 Å². The van der Waals surface area contributed by atoms with Crippen molar-refractivity contribution in [3.05, 3.63) is 84.9 Å². The Labute approximate surface area is 177 Å². The molecule has 2 aromatic rings. The third kappa shape index (κ3) is 6.60. The molecule has 0 saturated heterocycles. The quantitative estimate of drug-likeness (QED) is 0.239. The van der Waals surface area contributed by atoms with Gasteiger partial charge in [-0.3, -0.25) is 0 Å². The van der Waals surface area contributed by atoms with Crippen LogP contribution in [0.2, 0.25) is 0 Å².